The topological polar surface area (TPSA) is 77.4 Å². The van der Waals surface area contributed by atoms with Gasteiger partial charge in [0.05, 0.1) is 0 Å². The van der Waals surface area contributed by atoms with Gasteiger partial charge in [0.15, 0.2) is 5.97 Å². The van der Waals surface area contributed by atoms with E-state index in [4.69, 9.17) is 19.8 Å². The number of aliphatic carboxylic acids is 2. The third kappa shape index (κ3) is 17.1. The van der Waals surface area contributed by atoms with Gasteiger partial charge in [0, 0.05) is 0 Å². The van der Waals surface area contributed by atoms with Gasteiger partial charge in [-0.3, -0.25) is 0 Å². The molecule has 0 radical (unpaired) electrons. The molecule has 0 aliphatic carbocycles. The summed E-state index contributed by atoms with van der Waals surface area (Å²) in [7, 11) is 0. The zero-order chi connectivity index (χ0) is 11.4. The minimum absolute atomic E-state index is 1.36. The Kier molecular flexibility index (Phi) is 13.1. The van der Waals surface area contributed by atoms with Crippen LogP contribution in [0.5, 0.6) is 0 Å². The van der Waals surface area contributed by atoms with Crippen LogP contribution in [-0.4, -0.2) is 17.0 Å². The van der Waals surface area contributed by atoms with Gasteiger partial charge in [0.25, 0.3) is 0 Å². The van der Waals surface area contributed by atoms with Crippen molar-refractivity contribution in [2.24, 2.45) is 0 Å². The third-order valence-corrected chi connectivity index (χ3v) is 1.63. The molecule has 0 saturated heterocycles. The zero-order valence-electron chi connectivity index (χ0n) is 8.91. The van der Waals surface area contributed by atoms with Crippen LogP contribution in [0.2, 0.25) is 0 Å². The van der Waals surface area contributed by atoms with Crippen LogP contribution in [0.15, 0.2) is 0 Å². The first-order chi connectivity index (χ1) is 6.56. The molecule has 1 N–H and O–H groups in total. The lowest BCUT2D eigenvalue weighted by atomic mass is 10.1. The molecule has 4 heteroatoms. The first-order valence-electron chi connectivity index (χ1n) is 5.00. The number of carbonyl (C=O) groups excluding carboxylic acids is 1. The van der Waals surface area contributed by atoms with E-state index in [0.717, 1.165) is 0 Å². The van der Waals surface area contributed by atoms with Crippen molar-refractivity contribution in [3.63, 3.8) is 0 Å². The van der Waals surface area contributed by atoms with E-state index in [-0.39, 0.29) is 0 Å². The van der Waals surface area contributed by atoms with Crippen molar-refractivity contribution in [3.05, 3.63) is 0 Å². The molecule has 0 aromatic carbocycles. The number of carboxylic acid groups (broad SMARTS) is 2. The second kappa shape index (κ2) is 11.9. The molecule has 4 nitrogen and oxygen atoms in total. The fourth-order valence-electron chi connectivity index (χ4n) is 0.854. The third-order valence-electron chi connectivity index (χ3n) is 1.63. The van der Waals surface area contributed by atoms with E-state index < -0.39 is 11.9 Å². The maximum atomic E-state index is 9.04. The fraction of sp³-hybridized carbons (Fsp3) is 0.800. The van der Waals surface area contributed by atoms with E-state index in [0.29, 0.717) is 0 Å². The molecule has 0 bridgehead atoms. The largest absolute Gasteiger partial charge is 0.539 e. The Morgan fingerprint density at radius 1 is 1.00 bits per heavy atom. The molecule has 0 unspecified atom stereocenters. The van der Waals surface area contributed by atoms with E-state index in [2.05, 4.69) is 13.8 Å². The van der Waals surface area contributed by atoms with Gasteiger partial charge >= 0.3 is 5.97 Å². The van der Waals surface area contributed by atoms with Gasteiger partial charge in [-0.2, -0.15) is 0 Å². The molecule has 0 spiro atoms. The van der Waals surface area contributed by atoms with Crippen molar-refractivity contribution < 1.29 is 19.8 Å². The number of hydrogen-bond donors (Lipinski definition) is 1. The number of carbonyl (C=O) groups is 2. The second-order valence-electron chi connectivity index (χ2n) is 3.01. The summed E-state index contributed by atoms with van der Waals surface area (Å²) in [6, 6.07) is 0. The van der Waals surface area contributed by atoms with Crippen LogP contribution < -0.4 is 5.11 Å². The lowest BCUT2D eigenvalue weighted by Gasteiger charge is -1.93. The van der Waals surface area contributed by atoms with Gasteiger partial charge in [0.1, 0.15) is 0 Å². The predicted octanol–water partition coefficient (Wildman–Crippen LogP) is 1.19. The average molecular weight is 203 g/mol. The summed E-state index contributed by atoms with van der Waals surface area (Å²) in [5, 5.41) is 16.3. The SMILES string of the molecule is CCCCCCCC.O=C([O-])C(=O)O. The molecule has 0 rings (SSSR count). The molecule has 0 aliphatic heterocycles. The molecule has 0 heterocycles. The summed E-state index contributed by atoms with van der Waals surface area (Å²) < 4.78 is 0. The minimum Gasteiger partial charge on any atom is -0.539 e. The van der Waals surface area contributed by atoms with Gasteiger partial charge in [-0.05, 0) is 0 Å². The van der Waals surface area contributed by atoms with E-state index in [1.807, 2.05) is 0 Å². The quantitative estimate of drug-likeness (QED) is 0.537. The van der Waals surface area contributed by atoms with E-state index >= 15 is 0 Å². The summed E-state index contributed by atoms with van der Waals surface area (Å²) in [5.41, 5.74) is 0. The van der Waals surface area contributed by atoms with E-state index in [9.17, 15) is 0 Å². The van der Waals surface area contributed by atoms with Crippen LogP contribution in [0.25, 0.3) is 0 Å². The highest BCUT2D eigenvalue weighted by molar-refractivity contribution is 6.26. The fourth-order valence-corrected chi connectivity index (χ4v) is 0.854. The molecular formula is C10H19O4-. The molecule has 0 aromatic heterocycles. The molecule has 84 valence electrons. The Morgan fingerprint density at radius 2 is 1.29 bits per heavy atom. The predicted molar refractivity (Wildman–Crippen MR) is 51.7 cm³/mol. The standard InChI is InChI=1S/C8H18.C2H2O4/c1-3-5-7-8-6-4-2;3-1(4)2(5)6/h3-8H2,1-2H3;(H,3,4)(H,5,6)/p-1. The van der Waals surface area contributed by atoms with Crippen LogP contribution in [0, 0.1) is 0 Å². The number of carboxylic acids is 2. The Hall–Kier alpha value is -1.06. The Bertz CT molecular complexity index is 136. The van der Waals surface area contributed by atoms with Crippen LogP contribution >= 0.6 is 0 Å². The normalized spacial score (nSPS) is 8.71. The highest BCUT2D eigenvalue weighted by atomic mass is 16.4. The number of hydrogen-bond acceptors (Lipinski definition) is 3. The van der Waals surface area contributed by atoms with Crippen LogP contribution in [-0.2, 0) is 9.59 Å². The second-order valence-corrected chi connectivity index (χ2v) is 3.01. The molecule has 0 aromatic rings. The smallest absolute Gasteiger partial charge is 0.351 e. The van der Waals surface area contributed by atoms with E-state index in [1.54, 1.807) is 0 Å². The van der Waals surface area contributed by atoms with Crippen molar-refractivity contribution in [3.8, 4) is 0 Å². The minimum atomic E-state index is -2.07. The van der Waals surface area contributed by atoms with Gasteiger partial charge in [-0.25, -0.2) is 4.79 Å². The molecule has 0 atom stereocenters. The average Bonchev–Trinajstić information content (AvgIpc) is 2.13. The van der Waals surface area contributed by atoms with Crippen molar-refractivity contribution >= 4 is 11.9 Å². The monoisotopic (exact) mass is 203 g/mol. The van der Waals surface area contributed by atoms with Gasteiger partial charge in [-0.1, -0.05) is 52.4 Å². The van der Waals surface area contributed by atoms with E-state index in [1.165, 1.54) is 38.5 Å². The Balaban J connectivity index is 0. The van der Waals surface area contributed by atoms with Crippen LogP contribution in [0.4, 0.5) is 0 Å². The maximum absolute atomic E-state index is 9.04. The number of rotatable bonds is 5. The number of unbranched alkanes of at least 4 members (excludes halogenated alkanes) is 5. The summed E-state index contributed by atoms with van der Waals surface area (Å²) in [6.07, 6.45) is 8.49. The van der Waals surface area contributed by atoms with Crippen molar-refractivity contribution in [2.75, 3.05) is 0 Å². The summed E-state index contributed by atoms with van der Waals surface area (Å²) in [5.74, 6) is -4.01. The molecule has 14 heavy (non-hydrogen) atoms. The zero-order valence-corrected chi connectivity index (χ0v) is 8.91. The Labute approximate surface area is 84.9 Å². The van der Waals surface area contributed by atoms with Crippen molar-refractivity contribution in [2.45, 2.75) is 52.4 Å². The highest BCUT2D eigenvalue weighted by Crippen LogP contribution is 2.03. The summed E-state index contributed by atoms with van der Waals surface area (Å²) in [4.78, 5) is 18.0. The molecule has 0 fully saturated rings. The lowest BCUT2D eigenvalue weighted by Crippen LogP contribution is -2.30. The van der Waals surface area contributed by atoms with Crippen LogP contribution in [0.3, 0.4) is 0 Å². The first kappa shape index (κ1) is 15.4. The maximum Gasteiger partial charge on any atom is 0.351 e. The highest BCUT2D eigenvalue weighted by Gasteiger charge is 1.90. The summed E-state index contributed by atoms with van der Waals surface area (Å²) in [6.45, 7) is 4.51. The van der Waals surface area contributed by atoms with Crippen molar-refractivity contribution in [1.82, 2.24) is 0 Å². The molecular weight excluding hydrogens is 184 g/mol. The lowest BCUT2D eigenvalue weighted by molar-refractivity contribution is -0.303. The van der Waals surface area contributed by atoms with Gasteiger partial charge in [-0.15, -0.1) is 0 Å². The molecule has 0 aliphatic rings. The van der Waals surface area contributed by atoms with Gasteiger partial charge in [0.2, 0.25) is 0 Å². The summed E-state index contributed by atoms with van der Waals surface area (Å²) >= 11 is 0. The molecule has 0 amide bonds. The molecule has 0 saturated carbocycles. The van der Waals surface area contributed by atoms with Gasteiger partial charge < -0.3 is 15.0 Å². The Morgan fingerprint density at radius 3 is 1.43 bits per heavy atom. The van der Waals surface area contributed by atoms with Crippen LogP contribution in [0.1, 0.15) is 52.4 Å². The van der Waals surface area contributed by atoms with Crippen molar-refractivity contribution in [1.29, 1.82) is 0 Å². The first-order valence-corrected chi connectivity index (χ1v) is 5.00.